The second-order valence-corrected chi connectivity index (χ2v) is 8.01. The van der Waals surface area contributed by atoms with Crippen LogP contribution in [-0.2, 0) is 6.42 Å². The maximum absolute atomic E-state index is 11.8. The molecule has 0 saturated carbocycles. The molecular weight excluding hydrogens is 342 g/mol. The predicted octanol–water partition coefficient (Wildman–Crippen LogP) is 5.22. The summed E-state index contributed by atoms with van der Waals surface area (Å²) in [6.45, 7) is 7.06. The van der Waals surface area contributed by atoms with E-state index in [4.69, 9.17) is 11.6 Å². The monoisotopic (exact) mass is 371 g/mol. The molecule has 1 N–H and O–H groups in total. The Kier molecular flexibility index (Phi) is 7.05. The minimum atomic E-state index is -0.921. The van der Waals surface area contributed by atoms with Gasteiger partial charge >= 0.3 is 0 Å². The van der Waals surface area contributed by atoms with Gasteiger partial charge in [-0.15, -0.1) is 0 Å². The SMILES string of the molecule is C/C(=C\c1ccc(Cl)cc1)C(O)(Cc1ccccc1C)C(C)CN(C)C. The van der Waals surface area contributed by atoms with Crippen molar-refractivity contribution in [1.29, 1.82) is 0 Å². The molecule has 0 aromatic heterocycles. The van der Waals surface area contributed by atoms with Crippen molar-refractivity contribution in [3.63, 3.8) is 0 Å². The molecule has 0 heterocycles. The molecule has 0 aliphatic carbocycles. The fourth-order valence-corrected chi connectivity index (χ4v) is 3.56. The Morgan fingerprint density at radius 2 is 1.77 bits per heavy atom. The Morgan fingerprint density at radius 1 is 1.15 bits per heavy atom. The van der Waals surface area contributed by atoms with Crippen LogP contribution in [0.4, 0.5) is 0 Å². The first-order valence-electron chi connectivity index (χ1n) is 9.08. The van der Waals surface area contributed by atoms with Crippen molar-refractivity contribution < 1.29 is 5.11 Å². The van der Waals surface area contributed by atoms with Gasteiger partial charge in [0.15, 0.2) is 0 Å². The average Bonchev–Trinajstić information content (AvgIpc) is 2.58. The summed E-state index contributed by atoms with van der Waals surface area (Å²) in [5, 5.41) is 12.5. The summed E-state index contributed by atoms with van der Waals surface area (Å²) in [5.41, 5.74) is 3.49. The Hall–Kier alpha value is -1.61. The van der Waals surface area contributed by atoms with Gasteiger partial charge in [0.25, 0.3) is 0 Å². The summed E-state index contributed by atoms with van der Waals surface area (Å²) in [6, 6.07) is 16.0. The van der Waals surface area contributed by atoms with E-state index in [-0.39, 0.29) is 5.92 Å². The van der Waals surface area contributed by atoms with Gasteiger partial charge in [-0.1, -0.05) is 61.0 Å². The number of benzene rings is 2. The second-order valence-electron chi connectivity index (χ2n) is 7.57. The molecule has 2 unspecified atom stereocenters. The van der Waals surface area contributed by atoms with E-state index < -0.39 is 5.60 Å². The number of hydrogen-bond acceptors (Lipinski definition) is 2. The quantitative estimate of drug-likeness (QED) is 0.720. The van der Waals surface area contributed by atoms with E-state index in [0.29, 0.717) is 6.42 Å². The van der Waals surface area contributed by atoms with E-state index in [9.17, 15) is 5.11 Å². The zero-order valence-corrected chi connectivity index (χ0v) is 17.2. The Balaban J connectivity index is 2.41. The molecule has 140 valence electrons. The van der Waals surface area contributed by atoms with Crippen LogP contribution in [0.25, 0.3) is 6.08 Å². The van der Waals surface area contributed by atoms with Crippen molar-refractivity contribution in [1.82, 2.24) is 4.90 Å². The number of hydrogen-bond donors (Lipinski definition) is 1. The van der Waals surface area contributed by atoms with Gasteiger partial charge in [0.2, 0.25) is 0 Å². The van der Waals surface area contributed by atoms with E-state index in [1.54, 1.807) is 0 Å². The molecule has 0 radical (unpaired) electrons. The van der Waals surface area contributed by atoms with Gasteiger partial charge in [-0.2, -0.15) is 0 Å². The number of halogens is 1. The molecule has 3 heteroatoms. The molecule has 2 rings (SSSR count). The highest BCUT2D eigenvalue weighted by Gasteiger charge is 2.36. The number of aliphatic hydroxyl groups is 1. The Bertz CT molecular complexity index is 751. The zero-order valence-electron chi connectivity index (χ0n) is 16.5. The molecule has 0 aliphatic heterocycles. The summed E-state index contributed by atoms with van der Waals surface area (Å²) in [6.07, 6.45) is 2.67. The normalized spacial score (nSPS) is 15.8. The molecule has 0 spiro atoms. The van der Waals surface area contributed by atoms with Crippen LogP contribution >= 0.6 is 11.6 Å². The second kappa shape index (κ2) is 8.85. The van der Waals surface area contributed by atoms with Crippen LogP contribution in [0.15, 0.2) is 54.1 Å². The molecule has 2 aromatic carbocycles. The smallest absolute Gasteiger partial charge is 0.0935 e. The highest BCUT2D eigenvalue weighted by atomic mass is 35.5. The van der Waals surface area contributed by atoms with Crippen LogP contribution in [0.3, 0.4) is 0 Å². The first-order valence-corrected chi connectivity index (χ1v) is 9.46. The lowest BCUT2D eigenvalue weighted by atomic mass is 9.76. The van der Waals surface area contributed by atoms with Crippen LogP contribution < -0.4 is 0 Å². The lowest BCUT2D eigenvalue weighted by molar-refractivity contribution is 0.0148. The summed E-state index contributed by atoms with van der Waals surface area (Å²) >= 11 is 6.00. The van der Waals surface area contributed by atoms with Crippen LogP contribution in [-0.4, -0.2) is 36.2 Å². The maximum atomic E-state index is 11.8. The summed E-state index contributed by atoms with van der Waals surface area (Å²) < 4.78 is 0. The fraction of sp³-hybridized carbons (Fsp3) is 0.391. The molecular formula is C23H30ClNO. The van der Waals surface area contributed by atoms with Gasteiger partial charge in [0.1, 0.15) is 0 Å². The standard InChI is InChI=1S/C23H30ClNO/c1-17-8-6-7-9-21(17)15-23(26,19(3)16-25(4)5)18(2)14-20-10-12-22(24)13-11-20/h6-14,19,26H,15-16H2,1-5H3/b18-14+. The average molecular weight is 372 g/mol. The van der Waals surface area contributed by atoms with Gasteiger partial charge in [-0.25, -0.2) is 0 Å². The van der Waals surface area contributed by atoms with E-state index in [0.717, 1.165) is 22.7 Å². The minimum absolute atomic E-state index is 0.0839. The Morgan fingerprint density at radius 3 is 2.35 bits per heavy atom. The Labute approximate surface area is 163 Å². The highest BCUT2D eigenvalue weighted by Crippen LogP contribution is 2.33. The van der Waals surface area contributed by atoms with Crippen molar-refractivity contribution in [2.75, 3.05) is 20.6 Å². The molecule has 0 fully saturated rings. The highest BCUT2D eigenvalue weighted by molar-refractivity contribution is 6.30. The van der Waals surface area contributed by atoms with E-state index in [1.807, 2.05) is 57.4 Å². The number of rotatable bonds is 7. The molecule has 26 heavy (non-hydrogen) atoms. The van der Waals surface area contributed by atoms with Crippen molar-refractivity contribution in [2.24, 2.45) is 5.92 Å². The maximum Gasteiger partial charge on any atom is 0.0935 e. The van der Waals surface area contributed by atoms with Gasteiger partial charge in [0, 0.05) is 23.9 Å². The van der Waals surface area contributed by atoms with Gasteiger partial charge in [-0.05, 0) is 62.3 Å². The molecule has 0 bridgehead atoms. The van der Waals surface area contributed by atoms with Crippen molar-refractivity contribution in [3.05, 3.63) is 75.8 Å². The topological polar surface area (TPSA) is 23.5 Å². The van der Waals surface area contributed by atoms with Gasteiger partial charge in [-0.3, -0.25) is 0 Å². The van der Waals surface area contributed by atoms with E-state index in [1.165, 1.54) is 11.1 Å². The predicted molar refractivity (Wildman–Crippen MR) is 113 cm³/mol. The van der Waals surface area contributed by atoms with Crippen molar-refractivity contribution in [2.45, 2.75) is 32.8 Å². The molecule has 2 nitrogen and oxygen atoms in total. The van der Waals surface area contributed by atoms with E-state index in [2.05, 4.69) is 37.0 Å². The van der Waals surface area contributed by atoms with Gasteiger partial charge < -0.3 is 10.0 Å². The first kappa shape index (κ1) is 20.7. The minimum Gasteiger partial charge on any atom is -0.385 e. The first-order chi connectivity index (χ1) is 12.2. The van der Waals surface area contributed by atoms with Crippen LogP contribution in [0.1, 0.15) is 30.5 Å². The van der Waals surface area contributed by atoms with Crippen molar-refractivity contribution in [3.8, 4) is 0 Å². The van der Waals surface area contributed by atoms with Gasteiger partial charge in [0.05, 0.1) is 5.60 Å². The summed E-state index contributed by atoms with van der Waals surface area (Å²) in [7, 11) is 4.09. The van der Waals surface area contributed by atoms with Crippen LogP contribution in [0.5, 0.6) is 0 Å². The molecule has 0 saturated heterocycles. The van der Waals surface area contributed by atoms with Crippen molar-refractivity contribution >= 4 is 17.7 Å². The molecule has 0 amide bonds. The molecule has 0 aliphatic rings. The van der Waals surface area contributed by atoms with Crippen LogP contribution in [0.2, 0.25) is 5.02 Å². The number of nitrogens with zero attached hydrogens (tertiary/aromatic N) is 1. The summed E-state index contributed by atoms with van der Waals surface area (Å²) in [5.74, 6) is 0.0839. The third kappa shape index (κ3) is 5.20. The third-order valence-electron chi connectivity index (χ3n) is 5.11. The fourth-order valence-electron chi connectivity index (χ4n) is 3.43. The molecule has 2 aromatic rings. The zero-order chi connectivity index (χ0) is 19.3. The number of aryl methyl sites for hydroxylation is 1. The summed E-state index contributed by atoms with van der Waals surface area (Å²) in [4.78, 5) is 2.13. The third-order valence-corrected chi connectivity index (χ3v) is 5.36. The lowest BCUT2D eigenvalue weighted by Crippen LogP contribution is -2.44. The molecule has 2 atom stereocenters. The largest absolute Gasteiger partial charge is 0.385 e. The van der Waals surface area contributed by atoms with E-state index >= 15 is 0 Å². The van der Waals surface area contributed by atoms with Crippen LogP contribution in [0, 0.1) is 12.8 Å². The lowest BCUT2D eigenvalue weighted by Gasteiger charge is -2.37.